The van der Waals surface area contributed by atoms with Crippen molar-refractivity contribution in [3.8, 4) is 0 Å². The van der Waals surface area contributed by atoms with Crippen LogP contribution in [0.1, 0.15) is 194 Å². The lowest BCUT2D eigenvalue weighted by Gasteiger charge is -2.18. The summed E-state index contributed by atoms with van der Waals surface area (Å²) in [6.07, 6.45) is 37.7. The first-order valence-corrected chi connectivity index (χ1v) is 22.3. The summed E-state index contributed by atoms with van der Waals surface area (Å²) in [5, 5.41) is 15.9. The maximum atomic E-state index is 12.3. The van der Waals surface area contributed by atoms with E-state index >= 15 is 0 Å². The van der Waals surface area contributed by atoms with E-state index in [1.807, 2.05) is 0 Å². The summed E-state index contributed by atoms with van der Waals surface area (Å²) in [4.78, 5) is 40.1. The van der Waals surface area contributed by atoms with E-state index in [0.29, 0.717) is 13.0 Å². The number of rotatable bonds is 38. The summed E-state index contributed by atoms with van der Waals surface area (Å²) < 4.78 is 26.9. The van der Waals surface area contributed by atoms with Gasteiger partial charge in [0.05, 0.1) is 19.8 Å². The van der Waals surface area contributed by atoms with E-state index in [0.717, 1.165) is 44.9 Å². The van der Waals surface area contributed by atoms with Crippen LogP contribution in [0.4, 0.5) is 0 Å². The summed E-state index contributed by atoms with van der Waals surface area (Å²) in [5.41, 5.74) is 4.77. The Kier molecular flexibility index (Phi) is 41.5. The molecular formula is C40H80NO10P. The van der Waals surface area contributed by atoms with Crippen LogP contribution in [0, 0.1) is 0 Å². The normalized spacial score (nSPS) is 12.8. The first-order valence-electron chi connectivity index (χ1n) is 20.8. The molecular weight excluding hydrogens is 685 g/mol. The number of nitrogens with two attached hydrogens (primary N) is 1. The molecule has 0 unspecified atom stereocenters. The van der Waals surface area contributed by atoms with Crippen molar-refractivity contribution in [3.63, 3.8) is 0 Å². The summed E-state index contributed by atoms with van der Waals surface area (Å²) in [6, 6.07) is -1.13. The molecule has 0 amide bonds. The predicted molar refractivity (Wildman–Crippen MR) is 211 cm³/mol. The van der Waals surface area contributed by atoms with Crippen molar-refractivity contribution in [3.05, 3.63) is 12.2 Å². The van der Waals surface area contributed by atoms with Gasteiger partial charge in [0.25, 0.3) is 0 Å². The van der Waals surface area contributed by atoms with Crippen LogP contribution >= 0.6 is 7.82 Å². The summed E-state index contributed by atoms with van der Waals surface area (Å²) >= 11 is 0. The molecule has 0 spiro atoms. The molecule has 0 aliphatic carbocycles. The lowest BCUT2D eigenvalue weighted by atomic mass is 10.0. The van der Waals surface area contributed by atoms with Gasteiger partial charge in [0, 0.05) is 13.0 Å². The molecule has 0 aliphatic heterocycles. The minimum absolute atomic E-state index is 0.0799. The molecule has 52 heavy (non-hydrogen) atoms. The van der Waals surface area contributed by atoms with Gasteiger partial charge in [-0.2, -0.15) is 0 Å². The van der Waals surface area contributed by atoms with Gasteiger partial charge < -0.3 is 35.2 Å². The fraction of sp³-hybridized carbons (Fsp3) is 0.900. The van der Waals surface area contributed by atoms with Gasteiger partial charge in [-0.05, 0) is 38.5 Å². The van der Waals surface area contributed by atoms with Crippen LogP contribution < -0.4 is 5.73 Å². The molecule has 12 heteroatoms. The molecule has 0 aromatic rings. The highest BCUT2D eigenvalue weighted by Crippen LogP contribution is 2.36. The predicted octanol–water partition coefficient (Wildman–Crippen LogP) is 9.93. The first kappa shape index (κ1) is 52.8. The molecule has 11 nitrogen and oxygen atoms in total. The van der Waals surface area contributed by atoms with E-state index in [1.54, 1.807) is 0 Å². The van der Waals surface area contributed by atoms with Gasteiger partial charge in [-0.15, -0.1) is 0 Å². The molecule has 0 aromatic heterocycles. The molecule has 2 atom stereocenters. The molecule has 0 radical (unpaired) electrons. The lowest BCUT2D eigenvalue weighted by molar-refractivity contribution is -0.154. The Morgan fingerprint density at radius 3 is 1.42 bits per heavy atom. The Hall–Kier alpha value is -1.33. The maximum absolute atomic E-state index is 12.3. The average molecular weight is 766 g/mol. The quantitative estimate of drug-likeness (QED) is 0.0174. The number of ether oxygens (including phenoxy) is 2. The van der Waals surface area contributed by atoms with Crippen LogP contribution in [0.3, 0.4) is 0 Å². The number of carbonyl (C=O) groups excluding carboxylic acids is 1. The highest BCUT2D eigenvalue weighted by molar-refractivity contribution is 7.46. The number of allylic oxidation sites excluding steroid dienone is 2. The largest absolute Gasteiger partial charge is 0.480 e. The van der Waals surface area contributed by atoms with Crippen molar-refractivity contribution in [1.29, 1.82) is 0 Å². The van der Waals surface area contributed by atoms with Gasteiger partial charge in [0.2, 0.25) is 0 Å². The average Bonchev–Trinajstić information content (AvgIpc) is 3.11. The number of phosphoric acid groups is 1. The fourth-order valence-corrected chi connectivity index (χ4v) is 5.93. The highest BCUT2D eigenvalue weighted by Gasteiger charge is 2.21. The van der Waals surface area contributed by atoms with Crippen molar-refractivity contribution >= 4 is 19.8 Å². The van der Waals surface area contributed by atoms with Crippen molar-refractivity contribution in [2.45, 2.75) is 206 Å². The number of phosphoric ester groups is 1. The zero-order valence-corrected chi connectivity index (χ0v) is 34.1. The van der Waals surface area contributed by atoms with Crippen molar-refractivity contribution in [1.82, 2.24) is 0 Å². The van der Waals surface area contributed by atoms with Crippen LogP contribution in [0.25, 0.3) is 0 Å². The zero-order chi connectivity index (χ0) is 39.0. The Bertz CT molecular complexity index is 854. The highest BCUT2D eigenvalue weighted by atomic mass is 31.2. The fourth-order valence-electron chi connectivity index (χ4n) is 5.57. The van der Waals surface area contributed by atoms with Crippen LogP contribution in [-0.4, -0.2) is 70.5 Å². The summed E-state index contributed by atoms with van der Waals surface area (Å²) in [6.45, 7) is 4.25. The van der Waals surface area contributed by atoms with Gasteiger partial charge in [-0.3, -0.25) is 14.1 Å². The van der Waals surface area contributed by atoms with E-state index in [2.05, 4.69) is 30.5 Å². The van der Waals surface area contributed by atoms with Crippen LogP contribution in [-0.2, 0) is 28.2 Å². The van der Waals surface area contributed by atoms with E-state index in [1.165, 1.54) is 128 Å². The second-order valence-corrected chi connectivity index (χ2v) is 15.3. The minimum atomic E-state index is -4.64. The maximum Gasteiger partial charge on any atom is 0.469 e. The SMILES string of the molecule is CCCCCCCC/C=C\CCCCCCCC(=O)O[C@H](COCCCCCCCCCCCCCCCC)COP(=O)(O)O.N[C@@H](CO)C(=O)O. The van der Waals surface area contributed by atoms with Crippen LogP contribution in [0.5, 0.6) is 0 Å². The number of carboxylic acid groups (broad SMARTS) is 1. The Morgan fingerprint density at radius 1 is 0.635 bits per heavy atom. The van der Waals surface area contributed by atoms with E-state index in [4.69, 9.17) is 35.2 Å². The lowest BCUT2D eigenvalue weighted by Crippen LogP contribution is -2.33. The van der Waals surface area contributed by atoms with Gasteiger partial charge in [0.15, 0.2) is 0 Å². The molecule has 0 saturated heterocycles. The third-order valence-corrected chi connectivity index (χ3v) is 9.31. The molecule has 0 aromatic carbocycles. The van der Waals surface area contributed by atoms with Gasteiger partial charge in [-0.1, -0.05) is 161 Å². The van der Waals surface area contributed by atoms with Crippen LogP contribution in [0.2, 0.25) is 0 Å². The topological polar surface area (TPSA) is 186 Å². The van der Waals surface area contributed by atoms with Crippen molar-refractivity contribution in [2.75, 3.05) is 26.4 Å². The molecule has 6 N–H and O–H groups in total. The smallest absolute Gasteiger partial charge is 0.469 e. The molecule has 0 heterocycles. The second-order valence-electron chi connectivity index (χ2n) is 14.0. The zero-order valence-electron chi connectivity index (χ0n) is 33.2. The van der Waals surface area contributed by atoms with Gasteiger partial charge >= 0.3 is 19.8 Å². The number of aliphatic carboxylic acids is 1. The Morgan fingerprint density at radius 2 is 1.04 bits per heavy atom. The third-order valence-electron chi connectivity index (χ3n) is 8.83. The van der Waals surface area contributed by atoms with Gasteiger partial charge in [-0.25, -0.2) is 4.57 Å². The summed E-state index contributed by atoms with van der Waals surface area (Å²) in [7, 11) is -4.64. The van der Waals surface area contributed by atoms with E-state index in [-0.39, 0.29) is 19.2 Å². The van der Waals surface area contributed by atoms with Crippen LogP contribution in [0.15, 0.2) is 12.2 Å². The molecule has 0 rings (SSSR count). The number of hydrogen-bond donors (Lipinski definition) is 5. The number of esters is 1. The van der Waals surface area contributed by atoms with Gasteiger partial charge in [0.1, 0.15) is 12.1 Å². The Labute approximate surface area is 317 Å². The third kappa shape index (κ3) is 44.8. The Balaban J connectivity index is 0. The monoisotopic (exact) mass is 766 g/mol. The number of hydrogen-bond acceptors (Lipinski definition) is 8. The van der Waals surface area contributed by atoms with E-state index < -0.39 is 32.5 Å². The van der Waals surface area contributed by atoms with Crippen molar-refractivity contribution in [2.24, 2.45) is 5.73 Å². The number of aliphatic hydroxyl groups is 1. The standard InChI is InChI=1S/C37H73O7P.C3H7NO3/c1-3-5-7-9-11-13-15-17-19-20-22-24-26-28-30-32-37(38)44-36(35-43-45(39,40)41)34-42-33-31-29-27-25-23-21-18-16-14-12-10-8-6-4-2;4-2(1-5)3(6)7/h17,19,36H,3-16,18,20-35H2,1-2H3,(H2,39,40,41);2,5H,1,4H2,(H,6,7)/b19-17-;/t36-;2-/m10/s1. The minimum Gasteiger partial charge on any atom is -0.480 e. The first-order chi connectivity index (χ1) is 25.1. The molecule has 0 saturated carbocycles. The van der Waals surface area contributed by atoms with E-state index in [9.17, 15) is 14.2 Å². The molecule has 0 bridgehead atoms. The number of unbranched alkanes of at least 4 members (excludes halogenated alkanes) is 24. The summed E-state index contributed by atoms with van der Waals surface area (Å²) in [5.74, 6) is -1.55. The van der Waals surface area contributed by atoms with Crippen molar-refractivity contribution < 1.29 is 48.2 Å². The number of carboxylic acids is 1. The number of aliphatic hydroxyl groups excluding tert-OH is 1. The second kappa shape index (κ2) is 40.8. The molecule has 0 aliphatic rings. The molecule has 310 valence electrons. The molecule has 0 fully saturated rings. The number of carbonyl (C=O) groups is 2.